The third kappa shape index (κ3) is 2.97. The summed E-state index contributed by atoms with van der Waals surface area (Å²) in [4.78, 5) is 7.17. The molecule has 3 heteroatoms. The van der Waals surface area contributed by atoms with Crippen LogP contribution in [0, 0.1) is 0 Å². The fourth-order valence-electron chi connectivity index (χ4n) is 2.29. The number of nitrogens with two attached hydrogens (primary N) is 1. The van der Waals surface area contributed by atoms with Gasteiger partial charge in [0.25, 0.3) is 0 Å². The molecule has 0 saturated carbocycles. The topological polar surface area (TPSA) is 42.1 Å². The van der Waals surface area contributed by atoms with Crippen molar-refractivity contribution in [2.75, 3.05) is 18.0 Å². The molecule has 1 aliphatic heterocycles. The summed E-state index contributed by atoms with van der Waals surface area (Å²) in [5, 5.41) is 0. The zero-order valence-electron chi connectivity index (χ0n) is 10.9. The van der Waals surface area contributed by atoms with Crippen molar-refractivity contribution in [1.82, 2.24) is 4.98 Å². The third-order valence-corrected chi connectivity index (χ3v) is 3.40. The van der Waals surface area contributed by atoms with Crippen molar-refractivity contribution in [3.63, 3.8) is 0 Å². The van der Waals surface area contributed by atoms with E-state index < -0.39 is 0 Å². The lowest BCUT2D eigenvalue weighted by Gasteiger charge is -2.28. The zero-order valence-corrected chi connectivity index (χ0v) is 10.9. The Morgan fingerprint density at radius 2 is 1.94 bits per heavy atom. The lowest BCUT2D eigenvalue weighted by Crippen LogP contribution is -2.30. The Balaban J connectivity index is 2.28. The summed E-state index contributed by atoms with van der Waals surface area (Å²) in [5.74, 6) is 1.58. The molecule has 0 aromatic carbocycles. The van der Waals surface area contributed by atoms with Gasteiger partial charge in [0.2, 0.25) is 0 Å². The van der Waals surface area contributed by atoms with Gasteiger partial charge in [0.1, 0.15) is 5.82 Å². The van der Waals surface area contributed by atoms with Crippen LogP contribution in [-0.4, -0.2) is 18.1 Å². The molecule has 1 aliphatic rings. The first-order valence-electron chi connectivity index (χ1n) is 6.66. The average Bonchev–Trinajstić information content (AvgIpc) is 2.39. The summed E-state index contributed by atoms with van der Waals surface area (Å²) in [5.41, 5.74) is 8.13. The summed E-state index contributed by atoms with van der Waals surface area (Å²) < 4.78 is 0. The Morgan fingerprint density at radius 3 is 2.53 bits per heavy atom. The molecule has 2 N–H and O–H groups in total. The predicted octanol–water partition coefficient (Wildman–Crippen LogP) is 2.65. The van der Waals surface area contributed by atoms with Gasteiger partial charge in [0, 0.05) is 25.3 Å². The minimum absolute atomic E-state index is 0.463. The van der Waals surface area contributed by atoms with Crippen molar-refractivity contribution >= 4 is 5.82 Å². The van der Waals surface area contributed by atoms with Gasteiger partial charge in [-0.1, -0.05) is 13.8 Å². The molecular weight excluding hydrogens is 210 g/mol. The van der Waals surface area contributed by atoms with Crippen LogP contribution in [0.25, 0.3) is 0 Å². The molecule has 1 aromatic heterocycles. The van der Waals surface area contributed by atoms with Crippen LogP contribution in [-0.2, 0) is 6.54 Å². The second kappa shape index (κ2) is 5.50. The number of nitrogens with zero attached hydrogens (tertiary/aromatic N) is 2. The smallest absolute Gasteiger partial charge is 0.129 e. The van der Waals surface area contributed by atoms with Gasteiger partial charge in [0.15, 0.2) is 0 Å². The van der Waals surface area contributed by atoms with E-state index >= 15 is 0 Å². The van der Waals surface area contributed by atoms with Crippen molar-refractivity contribution in [2.45, 2.75) is 45.6 Å². The Hall–Kier alpha value is -1.09. The van der Waals surface area contributed by atoms with E-state index in [1.54, 1.807) is 0 Å². The van der Waals surface area contributed by atoms with E-state index in [9.17, 15) is 0 Å². The number of piperidine rings is 1. The molecule has 0 aliphatic carbocycles. The maximum Gasteiger partial charge on any atom is 0.129 e. The molecule has 0 amide bonds. The molecule has 0 unspecified atom stereocenters. The lowest BCUT2D eigenvalue weighted by atomic mass is 10.1. The monoisotopic (exact) mass is 233 g/mol. The van der Waals surface area contributed by atoms with Gasteiger partial charge in [0.05, 0.1) is 0 Å². The maximum absolute atomic E-state index is 5.77. The van der Waals surface area contributed by atoms with E-state index in [4.69, 9.17) is 10.7 Å². The van der Waals surface area contributed by atoms with Crippen LogP contribution in [0.1, 0.15) is 50.3 Å². The van der Waals surface area contributed by atoms with Gasteiger partial charge >= 0.3 is 0 Å². The quantitative estimate of drug-likeness (QED) is 0.872. The normalized spacial score (nSPS) is 16.6. The Morgan fingerprint density at radius 1 is 1.24 bits per heavy atom. The first-order chi connectivity index (χ1) is 8.20. The van der Waals surface area contributed by atoms with Crippen LogP contribution in [0.5, 0.6) is 0 Å². The molecule has 2 rings (SSSR count). The largest absolute Gasteiger partial charge is 0.357 e. The van der Waals surface area contributed by atoms with Crippen LogP contribution < -0.4 is 10.6 Å². The van der Waals surface area contributed by atoms with Crippen molar-refractivity contribution < 1.29 is 0 Å². The number of aromatic nitrogens is 1. The Labute approximate surface area is 104 Å². The van der Waals surface area contributed by atoms with E-state index in [0.717, 1.165) is 24.6 Å². The summed E-state index contributed by atoms with van der Waals surface area (Å²) in [6.07, 6.45) is 3.92. The van der Waals surface area contributed by atoms with Crippen molar-refractivity contribution in [3.05, 3.63) is 23.4 Å². The van der Waals surface area contributed by atoms with Crippen LogP contribution in [0.15, 0.2) is 12.1 Å². The highest BCUT2D eigenvalue weighted by Gasteiger charge is 2.14. The van der Waals surface area contributed by atoms with E-state index in [1.807, 2.05) is 0 Å². The van der Waals surface area contributed by atoms with Crippen LogP contribution in [0.2, 0.25) is 0 Å². The number of anilines is 1. The SMILES string of the molecule is CC(C)c1cc(CN)cc(N2CCCCC2)n1. The maximum atomic E-state index is 5.77. The molecule has 1 fully saturated rings. The fourth-order valence-corrected chi connectivity index (χ4v) is 2.29. The molecule has 3 nitrogen and oxygen atoms in total. The number of hydrogen-bond acceptors (Lipinski definition) is 3. The number of rotatable bonds is 3. The highest BCUT2D eigenvalue weighted by atomic mass is 15.2. The zero-order chi connectivity index (χ0) is 12.3. The molecule has 0 radical (unpaired) electrons. The van der Waals surface area contributed by atoms with E-state index in [-0.39, 0.29) is 0 Å². The first-order valence-corrected chi connectivity index (χ1v) is 6.66. The van der Waals surface area contributed by atoms with E-state index in [2.05, 4.69) is 30.9 Å². The highest BCUT2D eigenvalue weighted by Crippen LogP contribution is 2.22. The summed E-state index contributed by atoms with van der Waals surface area (Å²) in [7, 11) is 0. The van der Waals surface area contributed by atoms with Gasteiger partial charge in [-0.3, -0.25) is 0 Å². The van der Waals surface area contributed by atoms with Crippen molar-refractivity contribution in [3.8, 4) is 0 Å². The molecule has 2 heterocycles. The van der Waals surface area contributed by atoms with Crippen LogP contribution >= 0.6 is 0 Å². The van der Waals surface area contributed by atoms with Crippen molar-refractivity contribution in [2.24, 2.45) is 5.73 Å². The highest BCUT2D eigenvalue weighted by molar-refractivity contribution is 5.43. The molecule has 0 bridgehead atoms. The second-order valence-corrected chi connectivity index (χ2v) is 5.16. The minimum Gasteiger partial charge on any atom is -0.357 e. The second-order valence-electron chi connectivity index (χ2n) is 5.16. The molecule has 94 valence electrons. The van der Waals surface area contributed by atoms with Gasteiger partial charge in [-0.05, 0) is 42.9 Å². The van der Waals surface area contributed by atoms with E-state index in [0.29, 0.717) is 12.5 Å². The van der Waals surface area contributed by atoms with Crippen LogP contribution in [0.4, 0.5) is 5.82 Å². The summed E-state index contributed by atoms with van der Waals surface area (Å²) in [6.45, 7) is 7.24. The molecule has 1 aromatic rings. The van der Waals surface area contributed by atoms with Gasteiger partial charge in [-0.15, -0.1) is 0 Å². The van der Waals surface area contributed by atoms with Crippen molar-refractivity contribution in [1.29, 1.82) is 0 Å². The molecule has 1 saturated heterocycles. The predicted molar refractivity (Wildman–Crippen MR) is 72.3 cm³/mol. The van der Waals surface area contributed by atoms with Gasteiger partial charge < -0.3 is 10.6 Å². The standard InChI is InChI=1S/C14H23N3/c1-11(2)13-8-12(10-15)9-14(16-13)17-6-4-3-5-7-17/h8-9,11H,3-7,10,15H2,1-2H3. The number of hydrogen-bond donors (Lipinski definition) is 1. The summed E-state index contributed by atoms with van der Waals surface area (Å²) >= 11 is 0. The van der Waals surface area contributed by atoms with Gasteiger partial charge in [-0.25, -0.2) is 4.98 Å². The molecule has 0 spiro atoms. The lowest BCUT2D eigenvalue weighted by molar-refractivity contribution is 0.572. The van der Waals surface area contributed by atoms with Crippen LogP contribution in [0.3, 0.4) is 0 Å². The first kappa shape index (κ1) is 12.4. The molecule has 17 heavy (non-hydrogen) atoms. The third-order valence-electron chi connectivity index (χ3n) is 3.40. The molecular formula is C14H23N3. The Bertz CT molecular complexity index is 368. The van der Waals surface area contributed by atoms with E-state index in [1.165, 1.54) is 24.8 Å². The minimum atomic E-state index is 0.463. The average molecular weight is 233 g/mol. The van der Waals surface area contributed by atoms with Gasteiger partial charge in [-0.2, -0.15) is 0 Å². The number of pyridine rings is 1. The fraction of sp³-hybridized carbons (Fsp3) is 0.643. The molecule has 0 atom stereocenters. The Kier molecular flexibility index (Phi) is 4.00. The summed E-state index contributed by atoms with van der Waals surface area (Å²) in [6, 6.07) is 4.29.